The fraction of sp³-hybridized carbons (Fsp3) is 0.250. The summed E-state index contributed by atoms with van der Waals surface area (Å²) >= 11 is 0. The van der Waals surface area contributed by atoms with Crippen molar-refractivity contribution in [2.24, 2.45) is 5.73 Å². The number of carboxylic acid groups (broad SMARTS) is 1. The predicted molar refractivity (Wildman–Crippen MR) is 161 cm³/mol. The second-order valence-corrected chi connectivity index (χ2v) is 10.4. The van der Waals surface area contributed by atoms with Crippen LogP contribution in [0.4, 0.5) is 0 Å². The number of carbonyl (C=O) groups excluding carboxylic acids is 3. The summed E-state index contributed by atoms with van der Waals surface area (Å²) in [5.41, 5.74) is 9.10. The van der Waals surface area contributed by atoms with Crippen LogP contribution in [0.5, 0.6) is 5.75 Å². The zero-order valence-corrected chi connectivity index (χ0v) is 23.6. The number of nitrogens with one attached hydrogen (secondary N) is 4. The summed E-state index contributed by atoms with van der Waals surface area (Å²) in [4.78, 5) is 54.6. The molecule has 3 amide bonds. The number of hydrogen-bond acceptors (Lipinski definition) is 6. The summed E-state index contributed by atoms with van der Waals surface area (Å²) in [5, 5.41) is 28.0. The second kappa shape index (κ2) is 14.1. The zero-order valence-electron chi connectivity index (χ0n) is 23.6. The van der Waals surface area contributed by atoms with E-state index in [1.165, 1.54) is 19.1 Å². The molecule has 0 fully saturated rings. The maximum atomic E-state index is 13.5. The number of benzene rings is 3. The number of nitrogens with two attached hydrogens (primary N) is 1. The third kappa shape index (κ3) is 8.43. The van der Waals surface area contributed by atoms with E-state index in [0.29, 0.717) is 5.56 Å². The van der Waals surface area contributed by atoms with E-state index in [4.69, 9.17) is 5.73 Å². The molecule has 3 aromatic carbocycles. The minimum atomic E-state index is -1.30. The Hall–Kier alpha value is -5.16. The van der Waals surface area contributed by atoms with Crippen molar-refractivity contribution in [3.05, 3.63) is 102 Å². The highest BCUT2D eigenvalue weighted by molar-refractivity contribution is 5.94. The third-order valence-electron chi connectivity index (χ3n) is 7.11. The minimum absolute atomic E-state index is 0.0309. The lowest BCUT2D eigenvalue weighted by Gasteiger charge is -2.24. The van der Waals surface area contributed by atoms with Gasteiger partial charge in [0.25, 0.3) is 0 Å². The molecule has 43 heavy (non-hydrogen) atoms. The number of H-pyrrole nitrogens is 1. The number of rotatable bonds is 13. The maximum absolute atomic E-state index is 13.5. The first kappa shape index (κ1) is 30.8. The van der Waals surface area contributed by atoms with E-state index in [1.807, 2.05) is 54.6 Å². The van der Waals surface area contributed by atoms with Crippen molar-refractivity contribution in [3.8, 4) is 5.75 Å². The summed E-state index contributed by atoms with van der Waals surface area (Å²) < 4.78 is 0. The molecule has 4 aromatic rings. The first-order valence-corrected chi connectivity index (χ1v) is 13.9. The molecule has 224 valence electrons. The molecule has 8 N–H and O–H groups in total. The van der Waals surface area contributed by atoms with Crippen LogP contribution in [-0.4, -0.2) is 63.1 Å². The van der Waals surface area contributed by atoms with E-state index < -0.39 is 47.9 Å². The van der Waals surface area contributed by atoms with Crippen LogP contribution in [0.2, 0.25) is 0 Å². The molecule has 0 saturated carbocycles. The zero-order chi connectivity index (χ0) is 30.9. The van der Waals surface area contributed by atoms with Gasteiger partial charge in [-0.1, -0.05) is 60.7 Å². The van der Waals surface area contributed by atoms with Crippen LogP contribution in [0.15, 0.2) is 85.1 Å². The molecule has 0 saturated heterocycles. The summed E-state index contributed by atoms with van der Waals surface area (Å²) in [5.74, 6) is -3.09. The van der Waals surface area contributed by atoms with Gasteiger partial charge in [-0.3, -0.25) is 14.4 Å². The lowest BCUT2D eigenvalue weighted by atomic mass is 10.0. The molecule has 0 aliphatic rings. The van der Waals surface area contributed by atoms with Gasteiger partial charge in [-0.2, -0.15) is 0 Å². The van der Waals surface area contributed by atoms with E-state index in [2.05, 4.69) is 20.9 Å². The van der Waals surface area contributed by atoms with Crippen LogP contribution >= 0.6 is 0 Å². The number of phenols is 1. The van der Waals surface area contributed by atoms with Crippen LogP contribution in [0, 0.1) is 0 Å². The van der Waals surface area contributed by atoms with Crippen LogP contribution < -0.4 is 21.7 Å². The number of hydrogen-bond donors (Lipinski definition) is 7. The summed E-state index contributed by atoms with van der Waals surface area (Å²) in [6.07, 6.45) is 2.03. The van der Waals surface area contributed by atoms with Gasteiger partial charge in [0.05, 0.1) is 6.04 Å². The first-order chi connectivity index (χ1) is 20.6. The van der Waals surface area contributed by atoms with Gasteiger partial charge in [0.2, 0.25) is 17.7 Å². The number of para-hydroxylation sites is 1. The number of amides is 3. The fourth-order valence-electron chi connectivity index (χ4n) is 4.71. The van der Waals surface area contributed by atoms with Crippen LogP contribution in [-0.2, 0) is 38.4 Å². The molecule has 4 rings (SSSR count). The van der Waals surface area contributed by atoms with Crippen molar-refractivity contribution in [1.82, 2.24) is 20.9 Å². The van der Waals surface area contributed by atoms with Gasteiger partial charge >= 0.3 is 5.97 Å². The van der Waals surface area contributed by atoms with Gasteiger partial charge in [-0.25, -0.2) is 4.79 Å². The third-order valence-corrected chi connectivity index (χ3v) is 7.11. The Morgan fingerprint density at radius 2 is 1.37 bits per heavy atom. The van der Waals surface area contributed by atoms with Crippen molar-refractivity contribution in [3.63, 3.8) is 0 Å². The molecule has 0 radical (unpaired) electrons. The Morgan fingerprint density at radius 1 is 0.744 bits per heavy atom. The monoisotopic (exact) mass is 585 g/mol. The normalized spacial score (nSPS) is 13.8. The van der Waals surface area contributed by atoms with Gasteiger partial charge in [-0.15, -0.1) is 0 Å². The molecule has 0 aliphatic carbocycles. The number of carboxylic acids is 1. The van der Waals surface area contributed by atoms with Gasteiger partial charge in [0, 0.05) is 29.9 Å². The molecule has 1 heterocycles. The van der Waals surface area contributed by atoms with Crippen LogP contribution in [0.3, 0.4) is 0 Å². The van der Waals surface area contributed by atoms with E-state index >= 15 is 0 Å². The topological polar surface area (TPSA) is 187 Å². The molecule has 11 nitrogen and oxygen atoms in total. The lowest BCUT2D eigenvalue weighted by molar-refractivity contribution is -0.142. The highest BCUT2D eigenvalue weighted by Crippen LogP contribution is 2.19. The standard InChI is InChI=1S/C32H35N5O6/c1-19(35-30(40)25(33)15-20-7-3-2-4-8-20)29(39)36-27(17-22-18-34-26-10-6-5-9-24(22)26)31(41)37-28(32(42)43)16-21-11-13-23(38)14-12-21/h2-14,18-19,25,27-28,34,38H,15-17,33H2,1H3,(H,35,40)(H,36,39)(H,37,41)(H,42,43). The minimum Gasteiger partial charge on any atom is -0.508 e. The highest BCUT2D eigenvalue weighted by atomic mass is 16.4. The van der Waals surface area contributed by atoms with Crippen molar-refractivity contribution in [1.29, 1.82) is 0 Å². The van der Waals surface area contributed by atoms with Crippen molar-refractivity contribution >= 4 is 34.6 Å². The van der Waals surface area contributed by atoms with Crippen molar-refractivity contribution in [2.45, 2.75) is 50.4 Å². The molecule has 1 aromatic heterocycles. The molecule has 0 bridgehead atoms. The molecule has 4 atom stereocenters. The number of phenolic OH excluding ortho intramolecular Hbond substituents is 1. The van der Waals surface area contributed by atoms with Crippen LogP contribution in [0.1, 0.15) is 23.6 Å². The molecular weight excluding hydrogens is 550 g/mol. The smallest absolute Gasteiger partial charge is 0.326 e. The fourth-order valence-corrected chi connectivity index (χ4v) is 4.71. The average molecular weight is 586 g/mol. The number of carbonyl (C=O) groups is 4. The molecular formula is C32H35N5O6. The molecule has 4 unspecified atom stereocenters. The highest BCUT2D eigenvalue weighted by Gasteiger charge is 2.30. The average Bonchev–Trinajstić information content (AvgIpc) is 3.40. The first-order valence-electron chi connectivity index (χ1n) is 13.9. The van der Waals surface area contributed by atoms with Gasteiger partial charge in [0.1, 0.15) is 23.9 Å². The Labute approximate surface area is 248 Å². The summed E-state index contributed by atoms with van der Waals surface area (Å²) in [6, 6.07) is 18.3. The molecule has 0 spiro atoms. The second-order valence-electron chi connectivity index (χ2n) is 10.4. The Kier molecular flexibility index (Phi) is 10.1. The van der Waals surface area contributed by atoms with Crippen LogP contribution in [0.25, 0.3) is 10.9 Å². The number of aliphatic carboxylic acids is 1. The van der Waals surface area contributed by atoms with Gasteiger partial charge in [-0.05, 0) is 48.2 Å². The van der Waals surface area contributed by atoms with Gasteiger partial charge in [0.15, 0.2) is 0 Å². The Balaban J connectivity index is 1.48. The Bertz CT molecular complexity index is 1570. The number of fused-ring (bicyclic) bond motifs is 1. The van der Waals surface area contributed by atoms with E-state index in [0.717, 1.165) is 22.0 Å². The number of aromatic amines is 1. The Morgan fingerprint density at radius 3 is 2.07 bits per heavy atom. The molecule has 11 heteroatoms. The summed E-state index contributed by atoms with van der Waals surface area (Å²) in [6.45, 7) is 1.48. The SMILES string of the molecule is CC(NC(=O)C(N)Cc1ccccc1)C(=O)NC(Cc1c[nH]c2ccccc12)C(=O)NC(Cc1ccc(O)cc1)C(=O)O. The molecule has 0 aliphatic heterocycles. The number of aromatic nitrogens is 1. The predicted octanol–water partition coefficient (Wildman–Crippen LogP) is 1.79. The van der Waals surface area contributed by atoms with Gasteiger partial charge < -0.3 is 36.9 Å². The maximum Gasteiger partial charge on any atom is 0.326 e. The summed E-state index contributed by atoms with van der Waals surface area (Å²) in [7, 11) is 0. The lowest BCUT2D eigenvalue weighted by Crippen LogP contribution is -2.57. The quantitative estimate of drug-likeness (QED) is 0.125. The van der Waals surface area contributed by atoms with E-state index in [-0.39, 0.29) is 25.0 Å². The van der Waals surface area contributed by atoms with E-state index in [9.17, 15) is 29.4 Å². The largest absolute Gasteiger partial charge is 0.508 e. The van der Waals surface area contributed by atoms with Crippen molar-refractivity contribution < 1.29 is 29.4 Å². The number of aromatic hydroxyl groups is 1. The van der Waals surface area contributed by atoms with E-state index in [1.54, 1.807) is 18.3 Å². The van der Waals surface area contributed by atoms with Crippen molar-refractivity contribution in [2.75, 3.05) is 0 Å².